The van der Waals surface area contributed by atoms with E-state index in [4.69, 9.17) is 0 Å². The second kappa shape index (κ2) is 5.38. The molecule has 1 amide bonds. The molecule has 5 heteroatoms. The molecule has 2 heterocycles. The third-order valence-corrected chi connectivity index (χ3v) is 4.37. The van der Waals surface area contributed by atoms with Crippen molar-refractivity contribution in [3.05, 3.63) is 18.1 Å². The van der Waals surface area contributed by atoms with E-state index < -0.39 is 0 Å². The van der Waals surface area contributed by atoms with Crippen LogP contribution in [-0.4, -0.2) is 47.0 Å². The lowest BCUT2D eigenvalue weighted by molar-refractivity contribution is -0.133. The molecule has 108 valence electrons. The molecule has 1 aliphatic carbocycles. The highest BCUT2D eigenvalue weighted by atomic mass is 16.2. The lowest BCUT2D eigenvalue weighted by atomic mass is 10.0. The number of aromatic nitrogens is 2. The van der Waals surface area contributed by atoms with E-state index in [9.17, 15) is 4.79 Å². The van der Waals surface area contributed by atoms with Crippen molar-refractivity contribution in [3.63, 3.8) is 0 Å². The first-order chi connectivity index (χ1) is 9.66. The van der Waals surface area contributed by atoms with Gasteiger partial charge in [-0.25, -0.2) is 4.98 Å². The van der Waals surface area contributed by atoms with Crippen LogP contribution in [0.4, 0.5) is 5.82 Å². The standard InChI is InChI=1S/C15H22N4O/c1-11-14(17-8-7-16-11)19-9-3-4-13(10-19)18(2)15(20)12-5-6-12/h7-8,12-13H,3-6,9-10H2,1-2H3. The summed E-state index contributed by atoms with van der Waals surface area (Å²) in [5, 5.41) is 0. The quantitative estimate of drug-likeness (QED) is 0.840. The van der Waals surface area contributed by atoms with Crippen molar-refractivity contribution in [1.29, 1.82) is 0 Å². The topological polar surface area (TPSA) is 49.3 Å². The summed E-state index contributed by atoms with van der Waals surface area (Å²) in [6.07, 6.45) is 7.80. The SMILES string of the molecule is Cc1nccnc1N1CCCC(N(C)C(=O)C2CC2)C1. The molecule has 2 aliphatic rings. The molecule has 0 radical (unpaired) electrons. The second-order valence-electron chi connectivity index (χ2n) is 5.93. The second-order valence-corrected chi connectivity index (χ2v) is 5.93. The van der Waals surface area contributed by atoms with Gasteiger partial charge in [-0.15, -0.1) is 0 Å². The van der Waals surface area contributed by atoms with E-state index in [0.29, 0.717) is 17.9 Å². The fourth-order valence-corrected chi connectivity index (χ4v) is 2.97. The van der Waals surface area contributed by atoms with Gasteiger partial charge in [-0.2, -0.15) is 0 Å². The Bertz CT molecular complexity index is 500. The number of likely N-dealkylation sites (N-methyl/N-ethyl adjacent to an activating group) is 1. The third-order valence-electron chi connectivity index (χ3n) is 4.37. The Morgan fingerprint density at radius 1 is 1.30 bits per heavy atom. The zero-order valence-corrected chi connectivity index (χ0v) is 12.2. The maximum absolute atomic E-state index is 12.2. The maximum Gasteiger partial charge on any atom is 0.225 e. The molecular formula is C15H22N4O. The fraction of sp³-hybridized carbons (Fsp3) is 0.667. The van der Waals surface area contributed by atoms with E-state index in [1.807, 2.05) is 18.9 Å². The zero-order chi connectivity index (χ0) is 14.1. The Labute approximate surface area is 120 Å². The van der Waals surface area contributed by atoms with Crippen molar-refractivity contribution in [1.82, 2.24) is 14.9 Å². The lowest BCUT2D eigenvalue weighted by Gasteiger charge is -2.38. The number of hydrogen-bond acceptors (Lipinski definition) is 4. The van der Waals surface area contributed by atoms with Crippen LogP contribution >= 0.6 is 0 Å². The van der Waals surface area contributed by atoms with Crippen molar-refractivity contribution in [2.24, 2.45) is 5.92 Å². The van der Waals surface area contributed by atoms with Crippen LogP contribution in [0, 0.1) is 12.8 Å². The van der Waals surface area contributed by atoms with Gasteiger partial charge >= 0.3 is 0 Å². The zero-order valence-electron chi connectivity index (χ0n) is 12.2. The molecule has 20 heavy (non-hydrogen) atoms. The van der Waals surface area contributed by atoms with Crippen molar-refractivity contribution < 1.29 is 4.79 Å². The number of rotatable bonds is 3. The predicted octanol–water partition coefficient (Wildman–Crippen LogP) is 1.62. The molecule has 1 unspecified atom stereocenters. The van der Waals surface area contributed by atoms with Crippen LogP contribution in [0.5, 0.6) is 0 Å². The molecule has 0 spiro atoms. The van der Waals surface area contributed by atoms with Gasteiger partial charge in [0.1, 0.15) is 5.82 Å². The number of aryl methyl sites for hydroxylation is 1. The fourth-order valence-electron chi connectivity index (χ4n) is 2.97. The van der Waals surface area contributed by atoms with Gasteiger partial charge in [-0.3, -0.25) is 9.78 Å². The van der Waals surface area contributed by atoms with E-state index in [-0.39, 0.29) is 0 Å². The molecule has 5 nitrogen and oxygen atoms in total. The van der Waals surface area contributed by atoms with Crippen molar-refractivity contribution in [3.8, 4) is 0 Å². The summed E-state index contributed by atoms with van der Waals surface area (Å²) in [4.78, 5) is 25.2. The number of anilines is 1. The van der Waals surface area contributed by atoms with Crippen LogP contribution in [0.3, 0.4) is 0 Å². The minimum atomic E-state index is 0.300. The first-order valence-corrected chi connectivity index (χ1v) is 7.46. The molecule has 3 rings (SSSR count). The van der Waals surface area contributed by atoms with Gasteiger partial charge in [-0.1, -0.05) is 0 Å². The van der Waals surface area contributed by atoms with Gasteiger partial charge < -0.3 is 9.80 Å². The summed E-state index contributed by atoms with van der Waals surface area (Å²) >= 11 is 0. The van der Waals surface area contributed by atoms with E-state index in [1.165, 1.54) is 0 Å². The molecule has 1 saturated heterocycles. The van der Waals surface area contributed by atoms with Crippen LogP contribution in [0.15, 0.2) is 12.4 Å². The Kier molecular flexibility index (Phi) is 3.59. The lowest BCUT2D eigenvalue weighted by Crippen LogP contribution is -2.49. The largest absolute Gasteiger partial charge is 0.353 e. The normalized spacial score (nSPS) is 22.7. The number of carbonyl (C=O) groups excluding carboxylic acids is 1. The minimum Gasteiger partial charge on any atom is -0.353 e. The number of hydrogen-bond donors (Lipinski definition) is 0. The average molecular weight is 274 g/mol. The highest BCUT2D eigenvalue weighted by Crippen LogP contribution is 2.32. The summed E-state index contributed by atoms with van der Waals surface area (Å²) in [6, 6.07) is 0.304. The van der Waals surface area contributed by atoms with E-state index >= 15 is 0 Å². The number of carbonyl (C=O) groups is 1. The highest BCUT2D eigenvalue weighted by Gasteiger charge is 2.36. The van der Waals surface area contributed by atoms with Gasteiger partial charge in [0.05, 0.1) is 5.69 Å². The molecule has 1 aromatic heterocycles. The molecule has 1 atom stereocenters. The Hall–Kier alpha value is -1.65. The molecule has 1 aromatic rings. The maximum atomic E-state index is 12.2. The minimum absolute atomic E-state index is 0.300. The third kappa shape index (κ3) is 2.62. The first-order valence-electron chi connectivity index (χ1n) is 7.46. The summed E-state index contributed by atoms with van der Waals surface area (Å²) in [5.41, 5.74) is 0.962. The van der Waals surface area contributed by atoms with Gasteiger partial charge in [0, 0.05) is 44.5 Å². The van der Waals surface area contributed by atoms with Gasteiger partial charge in [-0.05, 0) is 32.6 Å². The summed E-state index contributed by atoms with van der Waals surface area (Å²) in [6.45, 7) is 3.86. The van der Waals surface area contributed by atoms with Gasteiger partial charge in [0.25, 0.3) is 0 Å². The van der Waals surface area contributed by atoms with Crippen LogP contribution in [0.2, 0.25) is 0 Å². The smallest absolute Gasteiger partial charge is 0.225 e. The summed E-state index contributed by atoms with van der Waals surface area (Å²) < 4.78 is 0. The van der Waals surface area contributed by atoms with Crippen LogP contribution in [0.25, 0.3) is 0 Å². The Morgan fingerprint density at radius 3 is 2.75 bits per heavy atom. The number of nitrogens with zero attached hydrogens (tertiary/aromatic N) is 4. The van der Waals surface area contributed by atoms with Crippen molar-refractivity contribution in [2.45, 2.75) is 38.6 Å². The van der Waals surface area contributed by atoms with E-state index in [0.717, 1.165) is 50.3 Å². The average Bonchev–Trinajstić information content (AvgIpc) is 3.31. The van der Waals surface area contributed by atoms with E-state index in [1.54, 1.807) is 12.4 Å². The number of amides is 1. The number of piperidine rings is 1. The molecule has 2 fully saturated rings. The van der Waals surface area contributed by atoms with Crippen molar-refractivity contribution >= 4 is 11.7 Å². The molecule has 0 aromatic carbocycles. The van der Waals surface area contributed by atoms with Gasteiger partial charge in [0.2, 0.25) is 5.91 Å². The van der Waals surface area contributed by atoms with Crippen molar-refractivity contribution in [2.75, 3.05) is 25.0 Å². The summed E-state index contributed by atoms with van der Waals surface area (Å²) in [5.74, 6) is 1.59. The van der Waals surface area contributed by atoms with Crippen LogP contribution in [-0.2, 0) is 4.79 Å². The molecule has 1 saturated carbocycles. The predicted molar refractivity (Wildman–Crippen MR) is 77.5 cm³/mol. The molecular weight excluding hydrogens is 252 g/mol. The highest BCUT2D eigenvalue weighted by molar-refractivity contribution is 5.81. The monoisotopic (exact) mass is 274 g/mol. The van der Waals surface area contributed by atoms with Crippen LogP contribution in [0.1, 0.15) is 31.4 Å². The first kappa shape index (κ1) is 13.3. The van der Waals surface area contributed by atoms with Crippen LogP contribution < -0.4 is 4.90 Å². The summed E-state index contributed by atoms with van der Waals surface area (Å²) in [7, 11) is 1.96. The van der Waals surface area contributed by atoms with E-state index in [2.05, 4.69) is 14.9 Å². The van der Waals surface area contributed by atoms with Gasteiger partial charge in [0.15, 0.2) is 0 Å². The molecule has 0 N–H and O–H groups in total. The Balaban J connectivity index is 1.70. The molecule has 0 bridgehead atoms. The Morgan fingerprint density at radius 2 is 2.05 bits per heavy atom. The molecule has 1 aliphatic heterocycles.